The number of aliphatic hydroxyl groups excluding tert-OH is 3. The van der Waals surface area contributed by atoms with Crippen LogP contribution in [0.1, 0.15) is 78.4 Å². The molecule has 2 aromatic rings. The number of carbonyl (C=O) groups is 3. The molecule has 2 amide bonds. The van der Waals surface area contributed by atoms with Gasteiger partial charge in [0.15, 0.2) is 22.8 Å². The number of hydrogen-bond donors (Lipinski definition) is 10. The normalized spacial score (nSPS) is 21.6. The fourth-order valence-electron chi connectivity index (χ4n) is 5.63. The number of nitrogens with two attached hydrogens (primary N) is 1. The van der Waals surface area contributed by atoms with Crippen LogP contribution in [0.5, 0.6) is 0 Å². The molecule has 0 bridgehead atoms. The molecule has 2 aromatic heterocycles. The highest BCUT2D eigenvalue weighted by Crippen LogP contribution is 2.61. The SMILES string of the molecule is CCCCCCCC(O)CC(=O)SCCNC(=O)CCNC(=O)C(O)C(C)(C)COP(=O)(O)OP(=O)(O)OC[C@H]1O[C@@H](n2cnc3c(N)ncnc32)[C@H](O)[C@@H]1OP(=O)(O)O. The molecule has 1 aliphatic rings. The lowest BCUT2D eigenvalue weighted by Crippen LogP contribution is -2.46. The number of aliphatic hydroxyl groups is 3. The summed E-state index contributed by atoms with van der Waals surface area (Å²) in [5.41, 5.74) is 4.25. The highest BCUT2D eigenvalue weighted by Gasteiger charge is 2.50. The lowest BCUT2D eigenvalue weighted by molar-refractivity contribution is -0.137. The molecule has 3 rings (SSSR count). The zero-order chi connectivity index (χ0) is 44.9. The number of fused-ring (bicyclic) bond motifs is 1. The molecule has 11 N–H and O–H groups in total. The Hall–Kier alpha value is -2.48. The van der Waals surface area contributed by atoms with Gasteiger partial charge < -0.3 is 56.0 Å². The molecule has 60 heavy (non-hydrogen) atoms. The van der Waals surface area contributed by atoms with E-state index in [-0.39, 0.29) is 53.8 Å². The van der Waals surface area contributed by atoms with Crippen molar-refractivity contribution in [3.63, 3.8) is 0 Å². The molecule has 342 valence electrons. The summed E-state index contributed by atoms with van der Waals surface area (Å²) in [5.74, 6) is -1.23. The van der Waals surface area contributed by atoms with Gasteiger partial charge in [-0.2, -0.15) is 4.31 Å². The number of phosphoric acid groups is 3. The number of nitrogens with zero attached hydrogens (tertiary/aromatic N) is 4. The number of unbranched alkanes of at least 4 members (excludes halogenated alkanes) is 4. The maximum atomic E-state index is 12.7. The number of amides is 2. The van der Waals surface area contributed by atoms with Crippen LogP contribution in [0.4, 0.5) is 5.82 Å². The molecule has 0 spiro atoms. The minimum Gasteiger partial charge on any atom is -0.393 e. The van der Waals surface area contributed by atoms with E-state index in [1.165, 1.54) is 13.8 Å². The Kier molecular flexibility index (Phi) is 20.1. The number of imidazole rings is 1. The predicted molar refractivity (Wildman–Crippen MR) is 211 cm³/mol. The molecule has 1 aliphatic heterocycles. The Bertz CT molecular complexity index is 1890. The summed E-state index contributed by atoms with van der Waals surface area (Å²) in [5, 5.41) is 36.3. The van der Waals surface area contributed by atoms with Gasteiger partial charge in [0.25, 0.3) is 0 Å². The Morgan fingerprint density at radius 3 is 2.37 bits per heavy atom. The van der Waals surface area contributed by atoms with Crippen LogP contribution in [0.25, 0.3) is 11.2 Å². The molecule has 3 heterocycles. The van der Waals surface area contributed by atoms with Crippen LogP contribution < -0.4 is 16.4 Å². The largest absolute Gasteiger partial charge is 0.481 e. The van der Waals surface area contributed by atoms with Gasteiger partial charge in [0.1, 0.15) is 36.3 Å². The van der Waals surface area contributed by atoms with Gasteiger partial charge in [-0.05, 0) is 6.42 Å². The fourth-order valence-corrected chi connectivity index (χ4v) is 9.20. The highest BCUT2D eigenvalue weighted by atomic mass is 32.2. The van der Waals surface area contributed by atoms with E-state index in [1.807, 2.05) is 0 Å². The first-order valence-electron chi connectivity index (χ1n) is 18.7. The van der Waals surface area contributed by atoms with Gasteiger partial charge in [-0.1, -0.05) is 64.6 Å². The van der Waals surface area contributed by atoms with Crippen LogP contribution in [0.15, 0.2) is 12.7 Å². The van der Waals surface area contributed by atoms with Gasteiger partial charge in [-0.15, -0.1) is 0 Å². The summed E-state index contributed by atoms with van der Waals surface area (Å²) in [6, 6.07) is 0. The smallest absolute Gasteiger partial charge is 0.393 e. The number of anilines is 1. The lowest BCUT2D eigenvalue weighted by atomic mass is 9.87. The number of hydrogen-bond acceptors (Lipinski definition) is 19. The summed E-state index contributed by atoms with van der Waals surface area (Å²) < 4.78 is 62.2. The van der Waals surface area contributed by atoms with Gasteiger partial charge in [-0.3, -0.25) is 32.5 Å². The van der Waals surface area contributed by atoms with Gasteiger partial charge in [0.2, 0.25) is 11.8 Å². The number of ether oxygens (including phenoxy) is 1. The zero-order valence-corrected chi connectivity index (χ0v) is 36.5. The van der Waals surface area contributed by atoms with Crippen LogP contribution in [-0.4, -0.2) is 134 Å². The van der Waals surface area contributed by atoms with Crippen molar-refractivity contribution in [3.8, 4) is 0 Å². The van der Waals surface area contributed by atoms with Crippen LogP contribution in [0, 0.1) is 5.41 Å². The molecule has 1 fully saturated rings. The minimum absolute atomic E-state index is 0.0221. The Morgan fingerprint density at radius 1 is 1.00 bits per heavy atom. The van der Waals surface area contributed by atoms with Crippen molar-refractivity contribution in [3.05, 3.63) is 12.7 Å². The summed E-state index contributed by atoms with van der Waals surface area (Å²) in [4.78, 5) is 87.9. The van der Waals surface area contributed by atoms with E-state index in [0.717, 1.165) is 61.1 Å². The molecule has 8 atom stereocenters. The number of phosphoric ester groups is 3. The fraction of sp³-hybridized carbons (Fsp3) is 0.742. The number of nitrogens with one attached hydrogen (secondary N) is 2. The first-order valence-corrected chi connectivity index (χ1v) is 24.2. The van der Waals surface area contributed by atoms with E-state index in [4.69, 9.17) is 19.5 Å². The number of aromatic nitrogens is 4. The molecular formula is C31H54N7O18P3S. The van der Waals surface area contributed by atoms with Crippen LogP contribution in [0.2, 0.25) is 0 Å². The Labute approximate surface area is 348 Å². The van der Waals surface area contributed by atoms with Crippen molar-refractivity contribution < 1.29 is 85.6 Å². The van der Waals surface area contributed by atoms with Crippen LogP contribution in [-0.2, 0) is 50.7 Å². The monoisotopic (exact) mass is 937 g/mol. The average molecular weight is 938 g/mol. The zero-order valence-electron chi connectivity index (χ0n) is 33.0. The second kappa shape index (κ2) is 23.3. The number of carbonyl (C=O) groups excluding carboxylic acids is 3. The summed E-state index contributed by atoms with van der Waals surface area (Å²) in [6.07, 6.45) is -1.92. The van der Waals surface area contributed by atoms with Gasteiger partial charge >= 0.3 is 23.5 Å². The van der Waals surface area contributed by atoms with E-state index < -0.39 is 90.7 Å². The molecule has 0 saturated carbocycles. The molecule has 0 aromatic carbocycles. The summed E-state index contributed by atoms with van der Waals surface area (Å²) in [7, 11) is -16.4. The standard InChI is InChI=1S/C31H54N7O18P3S/c1-4-5-6-7-8-9-19(39)14-22(41)60-13-12-33-21(40)10-11-34-29(44)26(43)31(2,3)16-53-59(50,51)56-58(48,49)52-15-20-25(55-57(45,46)47)24(42)30(54-20)38-18-37-23-27(32)35-17-36-28(23)38/h17-20,24-26,30,39,42-43H,4-16H2,1-3H3,(H,33,40)(H,34,44)(H,48,49)(H,50,51)(H2,32,35,36)(H2,45,46,47)/t19?,20-,24-,25-,26?,30-/m1/s1. The average Bonchev–Trinajstić information content (AvgIpc) is 3.71. The Morgan fingerprint density at radius 2 is 1.68 bits per heavy atom. The van der Waals surface area contributed by atoms with Gasteiger partial charge in [0, 0.05) is 37.1 Å². The van der Waals surface area contributed by atoms with E-state index in [9.17, 15) is 63.0 Å². The van der Waals surface area contributed by atoms with Crippen LogP contribution in [0.3, 0.4) is 0 Å². The van der Waals surface area contributed by atoms with E-state index >= 15 is 0 Å². The maximum absolute atomic E-state index is 12.7. The Balaban J connectivity index is 1.42. The topological polar surface area (TPSA) is 384 Å². The van der Waals surface area contributed by atoms with E-state index in [0.29, 0.717) is 6.42 Å². The lowest BCUT2D eigenvalue weighted by Gasteiger charge is -2.30. The quantitative estimate of drug-likeness (QED) is 0.0437. The van der Waals surface area contributed by atoms with Crippen molar-refractivity contribution >= 4 is 69.1 Å². The summed E-state index contributed by atoms with van der Waals surface area (Å²) >= 11 is 0.986. The molecule has 0 aliphatic carbocycles. The number of nitrogen functional groups attached to an aromatic ring is 1. The van der Waals surface area contributed by atoms with Gasteiger partial charge in [-0.25, -0.2) is 28.6 Å². The van der Waals surface area contributed by atoms with Crippen molar-refractivity contribution in [1.29, 1.82) is 0 Å². The maximum Gasteiger partial charge on any atom is 0.481 e. The minimum atomic E-state index is -5.58. The summed E-state index contributed by atoms with van der Waals surface area (Å²) in [6.45, 7) is 2.50. The van der Waals surface area contributed by atoms with Crippen molar-refractivity contribution in [2.45, 2.75) is 109 Å². The number of thioether (sulfide) groups is 1. The molecule has 1 saturated heterocycles. The van der Waals surface area contributed by atoms with Crippen molar-refractivity contribution in [2.24, 2.45) is 5.41 Å². The van der Waals surface area contributed by atoms with Crippen LogP contribution >= 0.6 is 35.2 Å². The van der Waals surface area contributed by atoms with Crippen molar-refractivity contribution in [2.75, 3.05) is 37.8 Å². The number of rotatable bonds is 27. The first kappa shape index (κ1) is 51.9. The third-order valence-electron chi connectivity index (χ3n) is 8.81. The predicted octanol–water partition coefficient (Wildman–Crippen LogP) is 0.776. The van der Waals surface area contributed by atoms with E-state index in [2.05, 4.69) is 41.3 Å². The highest BCUT2D eigenvalue weighted by molar-refractivity contribution is 8.13. The molecule has 29 heteroatoms. The first-order chi connectivity index (χ1) is 27.9. The second-order valence-electron chi connectivity index (χ2n) is 14.4. The molecular weight excluding hydrogens is 883 g/mol. The second-order valence-corrected chi connectivity index (χ2v) is 19.7. The third-order valence-corrected chi connectivity index (χ3v) is 12.8. The van der Waals surface area contributed by atoms with Gasteiger partial charge in [0.05, 0.1) is 25.6 Å². The van der Waals surface area contributed by atoms with E-state index in [1.54, 1.807) is 0 Å². The molecule has 4 unspecified atom stereocenters. The molecule has 0 radical (unpaired) electrons. The molecule has 25 nitrogen and oxygen atoms in total. The third kappa shape index (κ3) is 17.0. The van der Waals surface area contributed by atoms with Crippen molar-refractivity contribution in [1.82, 2.24) is 30.2 Å².